The Morgan fingerprint density at radius 2 is 2.18 bits per heavy atom. The van der Waals surface area contributed by atoms with E-state index in [1.54, 1.807) is 25.1 Å². The van der Waals surface area contributed by atoms with Gasteiger partial charge in [0, 0.05) is 16.4 Å². The zero-order valence-corrected chi connectivity index (χ0v) is 10.3. The molecule has 0 fully saturated rings. The first kappa shape index (κ1) is 11.7. The second-order valence-corrected chi connectivity index (χ2v) is 4.15. The second-order valence-electron chi connectivity index (χ2n) is 3.74. The summed E-state index contributed by atoms with van der Waals surface area (Å²) in [6.45, 7) is 3.65. The van der Waals surface area contributed by atoms with E-state index < -0.39 is 0 Å². The molecule has 0 saturated carbocycles. The lowest BCUT2D eigenvalue weighted by Gasteiger charge is -2.08. The Balaban J connectivity index is 2.25. The highest BCUT2D eigenvalue weighted by Gasteiger charge is 2.13. The van der Waals surface area contributed by atoms with Crippen molar-refractivity contribution in [3.05, 3.63) is 46.5 Å². The summed E-state index contributed by atoms with van der Waals surface area (Å²) >= 11 is 5.98. The molecule has 1 aromatic carbocycles. The average molecular weight is 250 g/mol. The molecule has 0 aliphatic carbocycles. The number of carbonyl (C=O) groups excluding carboxylic acids is 1. The summed E-state index contributed by atoms with van der Waals surface area (Å²) in [6.07, 6.45) is 1.50. The van der Waals surface area contributed by atoms with Gasteiger partial charge in [-0.1, -0.05) is 17.7 Å². The van der Waals surface area contributed by atoms with Crippen LogP contribution in [0.25, 0.3) is 0 Å². The number of nitrogens with one attached hydrogen (secondary N) is 2. The van der Waals surface area contributed by atoms with Gasteiger partial charge in [-0.15, -0.1) is 0 Å². The van der Waals surface area contributed by atoms with Crippen molar-refractivity contribution in [3.63, 3.8) is 0 Å². The SMILES string of the molecule is Cc1[nH]cnc1C(=O)Nc1cccc(Cl)c1C. The van der Waals surface area contributed by atoms with Gasteiger partial charge in [-0.2, -0.15) is 0 Å². The number of H-pyrrole nitrogens is 1. The van der Waals surface area contributed by atoms with Gasteiger partial charge in [0.2, 0.25) is 0 Å². The van der Waals surface area contributed by atoms with Crippen LogP contribution in [-0.4, -0.2) is 15.9 Å². The summed E-state index contributed by atoms with van der Waals surface area (Å²) in [5.74, 6) is -0.242. The number of anilines is 1. The largest absolute Gasteiger partial charge is 0.348 e. The lowest BCUT2D eigenvalue weighted by molar-refractivity contribution is 0.102. The van der Waals surface area contributed by atoms with Crippen molar-refractivity contribution in [2.24, 2.45) is 0 Å². The number of rotatable bonds is 2. The maximum Gasteiger partial charge on any atom is 0.276 e. The number of aromatic nitrogens is 2. The van der Waals surface area contributed by atoms with Crippen LogP contribution < -0.4 is 5.32 Å². The van der Waals surface area contributed by atoms with Crippen LogP contribution in [0.5, 0.6) is 0 Å². The van der Waals surface area contributed by atoms with Gasteiger partial charge in [-0.25, -0.2) is 4.98 Å². The molecule has 0 aliphatic rings. The average Bonchev–Trinajstić information content (AvgIpc) is 2.71. The van der Waals surface area contributed by atoms with Crippen molar-refractivity contribution in [2.45, 2.75) is 13.8 Å². The number of hydrogen-bond acceptors (Lipinski definition) is 2. The van der Waals surface area contributed by atoms with Gasteiger partial charge >= 0.3 is 0 Å². The molecule has 0 saturated heterocycles. The minimum absolute atomic E-state index is 0.242. The molecule has 0 spiro atoms. The minimum Gasteiger partial charge on any atom is -0.348 e. The number of hydrogen-bond donors (Lipinski definition) is 2. The van der Waals surface area contributed by atoms with Crippen molar-refractivity contribution in [1.82, 2.24) is 9.97 Å². The normalized spacial score (nSPS) is 10.3. The van der Waals surface area contributed by atoms with Crippen LogP contribution in [0.3, 0.4) is 0 Å². The number of aromatic amines is 1. The Morgan fingerprint density at radius 3 is 2.82 bits per heavy atom. The molecule has 0 unspecified atom stereocenters. The summed E-state index contributed by atoms with van der Waals surface area (Å²) in [5.41, 5.74) is 2.67. The molecule has 2 rings (SSSR count). The number of halogens is 1. The third kappa shape index (κ3) is 2.31. The molecular weight excluding hydrogens is 238 g/mol. The zero-order chi connectivity index (χ0) is 12.4. The highest BCUT2D eigenvalue weighted by atomic mass is 35.5. The fourth-order valence-corrected chi connectivity index (χ4v) is 1.69. The number of nitrogens with zero attached hydrogens (tertiary/aromatic N) is 1. The van der Waals surface area contributed by atoms with E-state index in [-0.39, 0.29) is 5.91 Å². The minimum atomic E-state index is -0.242. The summed E-state index contributed by atoms with van der Waals surface area (Å²) in [7, 11) is 0. The monoisotopic (exact) mass is 249 g/mol. The van der Waals surface area contributed by atoms with E-state index in [0.717, 1.165) is 11.3 Å². The summed E-state index contributed by atoms with van der Waals surface area (Å²) in [5, 5.41) is 3.41. The predicted octanol–water partition coefficient (Wildman–Crippen LogP) is 2.93. The third-order valence-electron chi connectivity index (χ3n) is 2.56. The van der Waals surface area contributed by atoms with E-state index in [1.807, 2.05) is 6.92 Å². The Labute approximate surface area is 104 Å². The summed E-state index contributed by atoms with van der Waals surface area (Å²) < 4.78 is 0. The molecule has 1 aromatic heterocycles. The highest BCUT2D eigenvalue weighted by Crippen LogP contribution is 2.23. The maximum absolute atomic E-state index is 11.9. The van der Waals surface area contributed by atoms with E-state index in [2.05, 4.69) is 15.3 Å². The third-order valence-corrected chi connectivity index (χ3v) is 2.97. The van der Waals surface area contributed by atoms with Crippen molar-refractivity contribution in [2.75, 3.05) is 5.32 Å². The fraction of sp³-hybridized carbons (Fsp3) is 0.167. The molecule has 0 bridgehead atoms. The molecule has 0 aliphatic heterocycles. The molecule has 5 heteroatoms. The van der Waals surface area contributed by atoms with E-state index in [4.69, 9.17) is 11.6 Å². The quantitative estimate of drug-likeness (QED) is 0.860. The number of aryl methyl sites for hydroxylation is 1. The molecule has 88 valence electrons. The van der Waals surface area contributed by atoms with Crippen LogP contribution in [0.4, 0.5) is 5.69 Å². The standard InChI is InChI=1S/C12H12ClN3O/c1-7-9(13)4-3-5-10(7)16-12(17)11-8(2)14-6-15-11/h3-6H,1-2H3,(H,14,15)(H,16,17). The summed E-state index contributed by atoms with van der Waals surface area (Å²) in [4.78, 5) is 18.7. The first-order valence-corrected chi connectivity index (χ1v) is 5.54. The van der Waals surface area contributed by atoms with Crippen molar-refractivity contribution < 1.29 is 4.79 Å². The first-order chi connectivity index (χ1) is 8.09. The molecule has 4 nitrogen and oxygen atoms in total. The van der Waals surface area contributed by atoms with E-state index in [1.165, 1.54) is 6.33 Å². The molecule has 1 heterocycles. The summed E-state index contributed by atoms with van der Waals surface area (Å²) in [6, 6.07) is 5.38. The Morgan fingerprint density at radius 1 is 1.41 bits per heavy atom. The van der Waals surface area contributed by atoms with Gasteiger partial charge in [-0.05, 0) is 31.5 Å². The van der Waals surface area contributed by atoms with E-state index >= 15 is 0 Å². The zero-order valence-electron chi connectivity index (χ0n) is 9.54. The van der Waals surface area contributed by atoms with Crippen LogP contribution in [-0.2, 0) is 0 Å². The highest BCUT2D eigenvalue weighted by molar-refractivity contribution is 6.31. The first-order valence-electron chi connectivity index (χ1n) is 5.16. The van der Waals surface area contributed by atoms with Crippen molar-refractivity contribution in [1.29, 1.82) is 0 Å². The molecular formula is C12H12ClN3O. The maximum atomic E-state index is 11.9. The van der Waals surface area contributed by atoms with Gasteiger partial charge in [-0.3, -0.25) is 4.79 Å². The molecule has 2 aromatic rings. The van der Waals surface area contributed by atoms with Gasteiger partial charge in [0.25, 0.3) is 5.91 Å². The molecule has 0 atom stereocenters. The topological polar surface area (TPSA) is 57.8 Å². The number of imidazole rings is 1. The van der Waals surface area contributed by atoms with Crippen LogP contribution in [0, 0.1) is 13.8 Å². The molecule has 0 radical (unpaired) electrons. The van der Waals surface area contributed by atoms with Crippen molar-refractivity contribution in [3.8, 4) is 0 Å². The van der Waals surface area contributed by atoms with E-state index in [0.29, 0.717) is 16.4 Å². The number of benzene rings is 1. The molecule has 2 N–H and O–H groups in total. The van der Waals surface area contributed by atoms with Crippen LogP contribution in [0.2, 0.25) is 5.02 Å². The van der Waals surface area contributed by atoms with E-state index in [9.17, 15) is 4.79 Å². The van der Waals surface area contributed by atoms with Crippen LogP contribution >= 0.6 is 11.6 Å². The molecule has 1 amide bonds. The molecule has 17 heavy (non-hydrogen) atoms. The number of carbonyl (C=O) groups is 1. The van der Waals surface area contributed by atoms with Gasteiger partial charge in [0.05, 0.1) is 6.33 Å². The lowest BCUT2D eigenvalue weighted by Crippen LogP contribution is -2.14. The Bertz CT molecular complexity index is 563. The van der Waals surface area contributed by atoms with Crippen molar-refractivity contribution >= 4 is 23.2 Å². The second kappa shape index (κ2) is 4.59. The van der Waals surface area contributed by atoms with Crippen LogP contribution in [0.15, 0.2) is 24.5 Å². The van der Waals surface area contributed by atoms with Gasteiger partial charge < -0.3 is 10.3 Å². The Hall–Kier alpha value is -1.81. The lowest BCUT2D eigenvalue weighted by atomic mass is 10.2. The number of amides is 1. The smallest absolute Gasteiger partial charge is 0.276 e. The van der Waals surface area contributed by atoms with Gasteiger partial charge in [0.1, 0.15) is 5.69 Å². The van der Waals surface area contributed by atoms with Crippen LogP contribution in [0.1, 0.15) is 21.7 Å². The Kier molecular flexibility index (Phi) is 3.15. The predicted molar refractivity (Wildman–Crippen MR) is 67.5 cm³/mol. The fourth-order valence-electron chi connectivity index (χ4n) is 1.51. The van der Waals surface area contributed by atoms with Gasteiger partial charge in [0.15, 0.2) is 0 Å².